The average molecular weight is 251 g/mol. The van der Waals surface area contributed by atoms with E-state index in [4.69, 9.17) is 0 Å². The monoisotopic (exact) mass is 251 g/mol. The zero-order chi connectivity index (χ0) is 13.5. The van der Waals surface area contributed by atoms with Crippen LogP contribution < -0.4 is 0 Å². The molecule has 0 aromatic carbocycles. The number of carbonyl (C=O) groups is 1. The van der Waals surface area contributed by atoms with E-state index in [0.717, 1.165) is 12.1 Å². The van der Waals surface area contributed by atoms with Crippen LogP contribution in [0.4, 0.5) is 0 Å². The van der Waals surface area contributed by atoms with Crippen LogP contribution in [0.5, 0.6) is 0 Å². The first-order valence-electron chi connectivity index (χ1n) is 6.42. The molecule has 5 nitrogen and oxygen atoms in total. The van der Waals surface area contributed by atoms with Crippen molar-refractivity contribution in [1.82, 2.24) is 14.7 Å². The SMILES string of the molecule is CCc1cc(C(=O)N2CC(O)(C(C)C)C2)n(C)n1. The molecule has 1 aromatic heterocycles. The number of rotatable bonds is 3. The third-order valence-corrected chi connectivity index (χ3v) is 3.80. The lowest BCUT2D eigenvalue weighted by molar-refractivity contribution is -0.111. The summed E-state index contributed by atoms with van der Waals surface area (Å²) in [5, 5.41) is 14.4. The van der Waals surface area contributed by atoms with Crippen molar-refractivity contribution >= 4 is 5.91 Å². The Morgan fingerprint density at radius 1 is 1.56 bits per heavy atom. The molecule has 0 bridgehead atoms. The predicted molar refractivity (Wildman–Crippen MR) is 68.3 cm³/mol. The fourth-order valence-electron chi connectivity index (χ4n) is 2.19. The highest BCUT2D eigenvalue weighted by Crippen LogP contribution is 2.29. The Labute approximate surface area is 107 Å². The molecule has 1 aromatic rings. The smallest absolute Gasteiger partial charge is 0.272 e. The van der Waals surface area contributed by atoms with Crippen LogP contribution >= 0.6 is 0 Å². The molecule has 0 atom stereocenters. The van der Waals surface area contributed by atoms with Crippen LogP contribution in [0.2, 0.25) is 0 Å². The number of nitrogens with zero attached hydrogens (tertiary/aromatic N) is 3. The van der Waals surface area contributed by atoms with Crippen molar-refractivity contribution in [2.24, 2.45) is 13.0 Å². The van der Waals surface area contributed by atoms with Gasteiger partial charge in [-0.15, -0.1) is 0 Å². The zero-order valence-corrected chi connectivity index (χ0v) is 11.5. The van der Waals surface area contributed by atoms with Gasteiger partial charge < -0.3 is 10.0 Å². The van der Waals surface area contributed by atoms with Crippen molar-refractivity contribution in [2.75, 3.05) is 13.1 Å². The van der Waals surface area contributed by atoms with E-state index in [1.807, 2.05) is 26.8 Å². The number of aliphatic hydroxyl groups is 1. The van der Waals surface area contributed by atoms with Gasteiger partial charge in [-0.3, -0.25) is 9.48 Å². The van der Waals surface area contributed by atoms with E-state index in [9.17, 15) is 9.90 Å². The van der Waals surface area contributed by atoms with E-state index in [1.54, 1.807) is 16.6 Å². The average Bonchev–Trinajstić information content (AvgIpc) is 2.65. The number of aryl methyl sites for hydroxylation is 2. The Morgan fingerprint density at radius 3 is 2.61 bits per heavy atom. The highest BCUT2D eigenvalue weighted by Gasteiger charge is 2.46. The molecule has 2 rings (SSSR count). The van der Waals surface area contributed by atoms with Crippen LogP contribution in [0, 0.1) is 5.92 Å². The maximum Gasteiger partial charge on any atom is 0.272 e. The lowest BCUT2D eigenvalue weighted by Crippen LogP contribution is -2.66. The Kier molecular flexibility index (Phi) is 3.19. The predicted octanol–water partition coefficient (Wildman–Crippen LogP) is 0.825. The molecule has 1 saturated heterocycles. The quantitative estimate of drug-likeness (QED) is 0.865. The molecule has 0 unspecified atom stereocenters. The first-order valence-corrected chi connectivity index (χ1v) is 6.42. The van der Waals surface area contributed by atoms with Crippen LogP contribution in [0.15, 0.2) is 6.07 Å². The summed E-state index contributed by atoms with van der Waals surface area (Å²) in [7, 11) is 1.78. The second-order valence-corrected chi connectivity index (χ2v) is 5.42. The minimum Gasteiger partial charge on any atom is -0.386 e. The molecule has 1 N–H and O–H groups in total. The van der Waals surface area contributed by atoms with Crippen molar-refractivity contribution in [2.45, 2.75) is 32.8 Å². The summed E-state index contributed by atoms with van der Waals surface area (Å²) in [6, 6.07) is 1.83. The first kappa shape index (κ1) is 13.1. The summed E-state index contributed by atoms with van der Waals surface area (Å²) < 4.78 is 1.62. The molecule has 5 heteroatoms. The molecule has 1 aliphatic rings. The van der Waals surface area contributed by atoms with E-state index in [0.29, 0.717) is 18.8 Å². The Bertz CT molecular complexity index is 459. The fraction of sp³-hybridized carbons (Fsp3) is 0.692. The van der Waals surface area contributed by atoms with E-state index in [-0.39, 0.29) is 11.8 Å². The third kappa shape index (κ3) is 2.03. The van der Waals surface area contributed by atoms with Crippen molar-refractivity contribution < 1.29 is 9.90 Å². The Balaban J connectivity index is 2.08. The lowest BCUT2D eigenvalue weighted by atomic mass is 9.83. The van der Waals surface area contributed by atoms with Gasteiger partial charge in [0.05, 0.1) is 18.8 Å². The van der Waals surface area contributed by atoms with Gasteiger partial charge in [-0.05, 0) is 18.4 Å². The van der Waals surface area contributed by atoms with Crippen LogP contribution in [-0.4, -0.2) is 44.4 Å². The molecule has 100 valence electrons. The fourth-order valence-corrected chi connectivity index (χ4v) is 2.19. The molecule has 1 aliphatic heterocycles. The van der Waals surface area contributed by atoms with Crippen LogP contribution in [-0.2, 0) is 13.5 Å². The van der Waals surface area contributed by atoms with Gasteiger partial charge >= 0.3 is 0 Å². The largest absolute Gasteiger partial charge is 0.386 e. The summed E-state index contributed by atoms with van der Waals surface area (Å²) >= 11 is 0. The molecule has 0 saturated carbocycles. The number of amides is 1. The summed E-state index contributed by atoms with van der Waals surface area (Å²) in [5.74, 6) is 0.120. The van der Waals surface area contributed by atoms with Crippen molar-refractivity contribution in [3.05, 3.63) is 17.5 Å². The highest BCUT2D eigenvalue weighted by atomic mass is 16.3. The van der Waals surface area contributed by atoms with Gasteiger partial charge in [0, 0.05) is 7.05 Å². The van der Waals surface area contributed by atoms with Crippen molar-refractivity contribution in [3.8, 4) is 0 Å². The zero-order valence-electron chi connectivity index (χ0n) is 11.5. The van der Waals surface area contributed by atoms with Crippen LogP contribution in [0.1, 0.15) is 37.0 Å². The molecule has 0 spiro atoms. The van der Waals surface area contributed by atoms with Crippen molar-refractivity contribution in [3.63, 3.8) is 0 Å². The molecule has 18 heavy (non-hydrogen) atoms. The molecule has 0 aliphatic carbocycles. The minimum absolute atomic E-state index is 0.0463. The topological polar surface area (TPSA) is 58.4 Å². The normalized spacial score (nSPS) is 18.0. The number of aromatic nitrogens is 2. The van der Waals surface area contributed by atoms with E-state index in [2.05, 4.69) is 5.10 Å². The van der Waals surface area contributed by atoms with E-state index >= 15 is 0 Å². The van der Waals surface area contributed by atoms with Gasteiger partial charge in [0.15, 0.2) is 0 Å². The van der Waals surface area contributed by atoms with Gasteiger partial charge in [-0.25, -0.2) is 0 Å². The van der Waals surface area contributed by atoms with Crippen LogP contribution in [0.3, 0.4) is 0 Å². The number of hydrogen-bond donors (Lipinski definition) is 1. The van der Waals surface area contributed by atoms with Gasteiger partial charge in [0.2, 0.25) is 0 Å². The summed E-state index contributed by atoms with van der Waals surface area (Å²) in [4.78, 5) is 13.9. The van der Waals surface area contributed by atoms with Gasteiger partial charge in [0.1, 0.15) is 11.3 Å². The number of carbonyl (C=O) groups excluding carboxylic acids is 1. The number of likely N-dealkylation sites (tertiary alicyclic amines) is 1. The Hall–Kier alpha value is -1.36. The van der Waals surface area contributed by atoms with Gasteiger partial charge in [-0.1, -0.05) is 20.8 Å². The highest BCUT2D eigenvalue weighted by molar-refractivity contribution is 5.93. The number of hydrogen-bond acceptors (Lipinski definition) is 3. The lowest BCUT2D eigenvalue weighted by Gasteiger charge is -2.48. The third-order valence-electron chi connectivity index (χ3n) is 3.80. The maximum atomic E-state index is 12.2. The molecule has 2 heterocycles. The molecule has 1 fully saturated rings. The van der Waals surface area contributed by atoms with Gasteiger partial charge in [-0.2, -0.15) is 5.10 Å². The first-order chi connectivity index (χ1) is 8.37. The molecular weight excluding hydrogens is 230 g/mol. The second-order valence-electron chi connectivity index (χ2n) is 5.42. The molecule has 0 radical (unpaired) electrons. The summed E-state index contributed by atoms with van der Waals surface area (Å²) in [6.45, 7) is 6.78. The number of β-amino-alcohol motifs (C(OH)–C–C–N with tert-alkyl or cyclic N) is 1. The van der Waals surface area contributed by atoms with Crippen LogP contribution in [0.25, 0.3) is 0 Å². The maximum absolute atomic E-state index is 12.2. The van der Waals surface area contributed by atoms with E-state index in [1.165, 1.54) is 0 Å². The molecular formula is C13H21N3O2. The summed E-state index contributed by atoms with van der Waals surface area (Å²) in [6.07, 6.45) is 0.817. The Morgan fingerprint density at radius 2 is 2.17 bits per heavy atom. The van der Waals surface area contributed by atoms with E-state index < -0.39 is 5.60 Å². The minimum atomic E-state index is -0.720. The molecule has 1 amide bonds. The standard InChI is InChI=1S/C13H21N3O2/c1-5-10-6-11(15(4)14-10)12(17)16-7-13(18,8-16)9(2)3/h6,9,18H,5,7-8H2,1-4H3. The summed E-state index contributed by atoms with van der Waals surface area (Å²) in [5.41, 5.74) is 0.792. The van der Waals surface area contributed by atoms with Gasteiger partial charge in [0.25, 0.3) is 5.91 Å². The van der Waals surface area contributed by atoms with Crippen molar-refractivity contribution in [1.29, 1.82) is 0 Å². The second kappa shape index (κ2) is 4.39.